The number of hydrogen-bond acceptors (Lipinski definition) is 2. The van der Waals surface area contributed by atoms with Gasteiger partial charge in [0.15, 0.2) is 0 Å². The molecule has 1 aliphatic rings. The molecule has 0 saturated carbocycles. The molecule has 0 saturated heterocycles. The average molecular weight is 303 g/mol. The molecule has 1 aliphatic heterocycles. The number of hydrogen-bond donors (Lipinski definition) is 0. The van der Waals surface area contributed by atoms with Crippen LogP contribution in [0, 0.1) is 13.8 Å². The molecule has 2 heteroatoms. The van der Waals surface area contributed by atoms with Crippen molar-refractivity contribution in [3.63, 3.8) is 0 Å². The van der Waals surface area contributed by atoms with E-state index in [1.165, 1.54) is 38.0 Å². The minimum atomic E-state index is 1.27. The maximum atomic E-state index is 2.41. The molecule has 108 valence electrons. The first-order chi connectivity index (χ1) is 10.8. The molecule has 3 aromatic carbocycles. The fourth-order valence-electron chi connectivity index (χ4n) is 3.10. The molecule has 4 rings (SSSR count). The van der Waals surface area contributed by atoms with E-state index in [-0.39, 0.29) is 0 Å². The Morgan fingerprint density at radius 3 is 1.68 bits per heavy atom. The maximum absolute atomic E-state index is 2.41. The van der Waals surface area contributed by atoms with E-state index in [4.69, 9.17) is 0 Å². The molecular weight excluding hydrogens is 286 g/mol. The van der Waals surface area contributed by atoms with E-state index in [1.807, 2.05) is 11.8 Å². The summed E-state index contributed by atoms with van der Waals surface area (Å²) in [5, 5.41) is 0. The highest BCUT2D eigenvalue weighted by Crippen LogP contribution is 2.52. The molecule has 1 nitrogen and oxygen atoms in total. The van der Waals surface area contributed by atoms with Gasteiger partial charge in [-0.2, -0.15) is 0 Å². The van der Waals surface area contributed by atoms with Crippen molar-refractivity contribution in [2.24, 2.45) is 0 Å². The van der Waals surface area contributed by atoms with Crippen LogP contribution in [0.2, 0.25) is 0 Å². The Bertz CT molecular complexity index is 788. The largest absolute Gasteiger partial charge is 0.308 e. The topological polar surface area (TPSA) is 3.24 Å². The summed E-state index contributed by atoms with van der Waals surface area (Å²) < 4.78 is 0. The third-order valence-corrected chi connectivity index (χ3v) is 5.23. The first-order valence-corrected chi connectivity index (χ1v) is 8.29. The molecule has 1 heterocycles. The van der Waals surface area contributed by atoms with E-state index in [2.05, 4.69) is 85.5 Å². The van der Waals surface area contributed by atoms with Gasteiger partial charge in [0.05, 0.1) is 17.1 Å². The standard InChI is InChI=1S/C20H17NS/c1-14-8-7-9-15(2)20(14)21-16-10-3-5-12-18(16)22-19-13-6-4-11-17(19)21/h3-13H,1-2H3. The zero-order chi connectivity index (χ0) is 15.1. The Labute approximate surface area is 135 Å². The van der Waals surface area contributed by atoms with Crippen LogP contribution in [0.5, 0.6) is 0 Å². The summed E-state index contributed by atoms with van der Waals surface area (Å²) in [6.45, 7) is 4.38. The van der Waals surface area contributed by atoms with E-state index in [0.717, 1.165) is 0 Å². The van der Waals surface area contributed by atoms with Gasteiger partial charge in [-0.1, -0.05) is 54.2 Å². The van der Waals surface area contributed by atoms with Crippen molar-refractivity contribution in [2.45, 2.75) is 23.6 Å². The van der Waals surface area contributed by atoms with Crippen LogP contribution < -0.4 is 4.90 Å². The van der Waals surface area contributed by atoms with Gasteiger partial charge in [-0.25, -0.2) is 0 Å². The molecular formula is C20H17NS. The van der Waals surface area contributed by atoms with Crippen LogP contribution in [0.25, 0.3) is 0 Å². The lowest BCUT2D eigenvalue weighted by molar-refractivity contribution is 1.14. The lowest BCUT2D eigenvalue weighted by Gasteiger charge is -2.34. The second-order valence-corrected chi connectivity index (χ2v) is 6.70. The second-order valence-electron chi connectivity index (χ2n) is 5.61. The number of fused-ring (bicyclic) bond motifs is 2. The molecule has 0 atom stereocenters. The lowest BCUT2D eigenvalue weighted by atomic mass is 10.1. The number of rotatable bonds is 1. The normalized spacial score (nSPS) is 12.7. The molecule has 0 aromatic heterocycles. The number of anilines is 3. The van der Waals surface area contributed by atoms with Crippen LogP contribution in [0.3, 0.4) is 0 Å². The third kappa shape index (κ3) is 2.03. The predicted octanol–water partition coefficient (Wildman–Crippen LogP) is 6.24. The van der Waals surface area contributed by atoms with Gasteiger partial charge in [-0.15, -0.1) is 0 Å². The molecule has 0 fully saturated rings. The van der Waals surface area contributed by atoms with Crippen LogP contribution in [0.1, 0.15) is 11.1 Å². The number of para-hydroxylation sites is 3. The Morgan fingerprint density at radius 2 is 1.14 bits per heavy atom. The average Bonchev–Trinajstić information content (AvgIpc) is 2.54. The Morgan fingerprint density at radius 1 is 0.636 bits per heavy atom. The van der Waals surface area contributed by atoms with Gasteiger partial charge < -0.3 is 4.90 Å². The van der Waals surface area contributed by atoms with Gasteiger partial charge in [-0.05, 0) is 49.2 Å². The van der Waals surface area contributed by atoms with Crippen molar-refractivity contribution >= 4 is 28.8 Å². The Kier molecular flexibility index (Phi) is 3.20. The molecule has 0 unspecified atom stereocenters. The van der Waals surface area contributed by atoms with Gasteiger partial charge in [0.1, 0.15) is 0 Å². The summed E-state index contributed by atoms with van der Waals surface area (Å²) >= 11 is 1.85. The van der Waals surface area contributed by atoms with Crippen molar-refractivity contribution in [3.8, 4) is 0 Å². The zero-order valence-electron chi connectivity index (χ0n) is 12.7. The van der Waals surface area contributed by atoms with Gasteiger partial charge in [0, 0.05) is 9.79 Å². The first-order valence-electron chi connectivity index (χ1n) is 7.48. The van der Waals surface area contributed by atoms with E-state index in [9.17, 15) is 0 Å². The monoisotopic (exact) mass is 303 g/mol. The summed E-state index contributed by atoms with van der Waals surface area (Å²) in [6, 6.07) is 23.8. The lowest BCUT2D eigenvalue weighted by Crippen LogP contribution is -2.16. The van der Waals surface area contributed by atoms with E-state index >= 15 is 0 Å². The quantitative estimate of drug-likeness (QED) is 0.409. The Balaban J connectivity index is 2.03. The Hall–Kier alpha value is -2.19. The van der Waals surface area contributed by atoms with Gasteiger partial charge in [-0.3, -0.25) is 0 Å². The summed E-state index contributed by atoms with van der Waals surface area (Å²) in [5.74, 6) is 0. The van der Waals surface area contributed by atoms with Crippen LogP contribution in [0.4, 0.5) is 17.1 Å². The van der Waals surface area contributed by atoms with Gasteiger partial charge in [0.2, 0.25) is 0 Å². The number of nitrogens with zero attached hydrogens (tertiary/aromatic N) is 1. The zero-order valence-corrected chi connectivity index (χ0v) is 13.5. The minimum Gasteiger partial charge on any atom is -0.308 e. The van der Waals surface area contributed by atoms with Crippen molar-refractivity contribution in [3.05, 3.63) is 77.9 Å². The summed E-state index contributed by atoms with van der Waals surface area (Å²) in [5.41, 5.74) is 6.43. The van der Waals surface area contributed by atoms with Crippen molar-refractivity contribution in [1.82, 2.24) is 0 Å². The second kappa shape index (κ2) is 5.22. The van der Waals surface area contributed by atoms with E-state index < -0.39 is 0 Å². The third-order valence-electron chi connectivity index (χ3n) is 4.10. The maximum Gasteiger partial charge on any atom is 0.0601 e. The number of benzene rings is 3. The van der Waals surface area contributed by atoms with Crippen LogP contribution in [0.15, 0.2) is 76.5 Å². The molecule has 3 aromatic rings. The highest BCUT2D eigenvalue weighted by Gasteiger charge is 2.25. The van der Waals surface area contributed by atoms with E-state index in [1.54, 1.807) is 0 Å². The number of aryl methyl sites for hydroxylation is 2. The molecule has 0 bridgehead atoms. The fraction of sp³-hybridized carbons (Fsp3) is 0.100. The van der Waals surface area contributed by atoms with Gasteiger partial charge in [0.25, 0.3) is 0 Å². The molecule has 0 radical (unpaired) electrons. The van der Waals surface area contributed by atoms with Crippen molar-refractivity contribution in [2.75, 3.05) is 4.90 Å². The predicted molar refractivity (Wildman–Crippen MR) is 94.7 cm³/mol. The van der Waals surface area contributed by atoms with Crippen LogP contribution >= 0.6 is 11.8 Å². The summed E-state index contributed by atoms with van der Waals surface area (Å²) in [6.07, 6.45) is 0. The smallest absolute Gasteiger partial charge is 0.0601 e. The van der Waals surface area contributed by atoms with Crippen molar-refractivity contribution in [1.29, 1.82) is 0 Å². The molecule has 0 aliphatic carbocycles. The molecule has 22 heavy (non-hydrogen) atoms. The summed E-state index contributed by atoms with van der Waals surface area (Å²) in [7, 11) is 0. The summed E-state index contributed by atoms with van der Waals surface area (Å²) in [4.78, 5) is 5.03. The SMILES string of the molecule is Cc1cccc(C)c1N1c2ccccc2Sc2ccccc21. The minimum absolute atomic E-state index is 1.27. The first kappa shape index (κ1) is 13.5. The highest BCUT2D eigenvalue weighted by molar-refractivity contribution is 7.99. The highest BCUT2D eigenvalue weighted by atomic mass is 32.2. The molecule has 0 amide bonds. The van der Waals surface area contributed by atoms with Crippen LogP contribution in [-0.2, 0) is 0 Å². The fourth-order valence-corrected chi connectivity index (χ4v) is 4.16. The van der Waals surface area contributed by atoms with Gasteiger partial charge >= 0.3 is 0 Å². The van der Waals surface area contributed by atoms with Crippen molar-refractivity contribution < 1.29 is 0 Å². The van der Waals surface area contributed by atoms with E-state index in [0.29, 0.717) is 0 Å². The molecule has 0 spiro atoms. The van der Waals surface area contributed by atoms with Crippen LogP contribution in [-0.4, -0.2) is 0 Å². The molecule has 0 N–H and O–H groups in total.